The number of nitrogens with zero attached hydrogens (tertiary/aromatic N) is 5. The largest absolute Gasteiger partial charge is 0.338 e. The van der Waals surface area contributed by atoms with Gasteiger partial charge in [-0.25, -0.2) is 15.0 Å². The summed E-state index contributed by atoms with van der Waals surface area (Å²) in [5.74, 6) is 0.795. The molecule has 1 saturated heterocycles. The third-order valence-electron chi connectivity index (χ3n) is 2.27. The summed E-state index contributed by atoms with van der Waals surface area (Å²) >= 11 is 0. The number of piperazine rings is 1. The Labute approximate surface area is 97.5 Å². The van der Waals surface area contributed by atoms with Gasteiger partial charge in [-0.15, -0.1) is 0 Å². The van der Waals surface area contributed by atoms with Crippen LogP contribution in [0.25, 0.3) is 0 Å². The molecule has 0 amide bonds. The highest BCUT2D eigenvalue weighted by atomic mass is 15.3. The Morgan fingerprint density at radius 2 is 1.56 bits per heavy atom. The van der Waals surface area contributed by atoms with Crippen molar-refractivity contribution < 1.29 is 0 Å². The first-order valence-corrected chi connectivity index (χ1v) is 5.83. The van der Waals surface area contributed by atoms with Gasteiger partial charge in [-0.3, -0.25) is 0 Å². The zero-order chi connectivity index (χ0) is 11.8. The van der Waals surface area contributed by atoms with Crippen molar-refractivity contribution in [3.63, 3.8) is 0 Å². The summed E-state index contributed by atoms with van der Waals surface area (Å²) in [5, 5.41) is 0. The van der Waals surface area contributed by atoms with E-state index in [4.69, 9.17) is 0 Å². The molecule has 0 radical (unpaired) electrons. The van der Waals surface area contributed by atoms with Crippen LogP contribution in [0.4, 0.5) is 5.95 Å². The summed E-state index contributed by atoms with van der Waals surface area (Å²) in [6.45, 7) is 8.40. The van der Waals surface area contributed by atoms with Crippen LogP contribution in [0.15, 0.2) is 12.7 Å². The number of aromatic nitrogens is 3. The predicted molar refractivity (Wildman–Crippen MR) is 65.5 cm³/mol. The van der Waals surface area contributed by atoms with Crippen LogP contribution in [-0.2, 0) is 0 Å². The average molecular weight is 223 g/mol. The number of likely N-dealkylation sites (N-methyl/N-ethyl adjacent to an activating group) is 1. The van der Waals surface area contributed by atoms with Crippen molar-refractivity contribution in [1.82, 2.24) is 19.9 Å². The maximum atomic E-state index is 4.11. The molecule has 1 aromatic rings. The van der Waals surface area contributed by atoms with E-state index in [1.54, 1.807) is 12.7 Å². The molecule has 0 saturated carbocycles. The van der Waals surface area contributed by atoms with Gasteiger partial charge in [0.05, 0.1) is 0 Å². The van der Waals surface area contributed by atoms with E-state index in [-0.39, 0.29) is 0 Å². The lowest BCUT2D eigenvalue weighted by molar-refractivity contribution is 0.311. The Bertz CT molecular complexity index is 269. The first-order chi connectivity index (χ1) is 7.77. The molecule has 0 spiro atoms. The Balaban J connectivity index is 0.000000386. The summed E-state index contributed by atoms with van der Waals surface area (Å²) in [5.41, 5.74) is 0. The number of anilines is 1. The molecule has 0 aliphatic carbocycles. The van der Waals surface area contributed by atoms with E-state index in [1.165, 1.54) is 6.42 Å². The van der Waals surface area contributed by atoms with Gasteiger partial charge in [-0.2, -0.15) is 0 Å². The van der Waals surface area contributed by atoms with Gasteiger partial charge in [-0.1, -0.05) is 20.3 Å². The van der Waals surface area contributed by atoms with Gasteiger partial charge >= 0.3 is 0 Å². The van der Waals surface area contributed by atoms with Crippen molar-refractivity contribution in [1.29, 1.82) is 0 Å². The summed E-state index contributed by atoms with van der Waals surface area (Å²) < 4.78 is 0. The molecule has 0 N–H and O–H groups in total. The molecule has 16 heavy (non-hydrogen) atoms. The van der Waals surface area contributed by atoms with Gasteiger partial charge in [0, 0.05) is 26.2 Å². The average Bonchev–Trinajstić information content (AvgIpc) is 2.32. The molecule has 1 aromatic heterocycles. The minimum Gasteiger partial charge on any atom is -0.338 e. The molecule has 0 aromatic carbocycles. The molecule has 0 atom stereocenters. The highest BCUT2D eigenvalue weighted by Gasteiger charge is 2.15. The third-order valence-corrected chi connectivity index (χ3v) is 2.27. The molecule has 90 valence electrons. The highest BCUT2D eigenvalue weighted by Crippen LogP contribution is 2.07. The molecule has 5 nitrogen and oxygen atoms in total. The number of hydrogen-bond donors (Lipinski definition) is 0. The van der Waals surface area contributed by atoms with Gasteiger partial charge in [0.15, 0.2) is 0 Å². The van der Waals surface area contributed by atoms with Crippen LogP contribution in [0.1, 0.15) is 20.3 Å². The monoisotopic (exact) mass is 223 g/mol. The summed E-state index contributed by atoms with van der Waals surface area (Å²) in [7, 11) is 2.13. The molecule has 1 aliphatic rings. The normalized spacial score (nSPS) is 16.6. The van der Waals surface area contributed by atoms with E-state index in [2.05, 4.69) is 45.6 Å². The molecule has 2 rings (SSSR count). The van der Waals surface area contributed by atoms with E-state index >= 15 is 0 Å². The zero-order valence-electron chi connectivity index (χ0n) is 10.4. The number of rotatable bonds is 1. The Morgan fingerprint density at radius 1 is 1.06 bits per heavy atom. The first kappa shape index (κ1) is 12.8. The van der Waals surface area contributed by atoms with Crippen LogP contribution in [0.2, 0.25) is 0 Å². The maximum Gasteiger partial charge on any atom is 0.228 e. The van der Waals surface area contributed by atoms with Crippen molar-refractivity contribution in [2.24, 2.45) is 0 Å². The van der Waals surface area contributed by atoms with Crippen LogP contribution in [0.5, 0.6) is 0 Å². The lowest BCUT2D eigenvalue weighted by Gasteiger charge is -2.32. The highest BCUT2D eigenvalue weighted by molar-refractivity contribution is 5.27. The van der Waals surface area contributed by atoms with Crippen molar-refractivity contribution >= 4 is 5.95 Å². The molecule has 1 aliphatic heterocycles. The van der Waals surface area contributed by atoms with E-state index in [0.29, 0.717) is 0 Å². The maximum absolute atomic E-state index is 4.11. The van der Waals surface area contributed by atoms with E-state index in [0.717, 1.165) is 32.1 Å². The second-order valence-electron chi connectivity index (χ2n) is 3.94. The second-order valence-corrected chi connectivity index (χ2v) is 3.94. The van der Waals surface area contributed by atoms with Gasteiger partial charge in [-0.05, 0) is 7.05 Å². The Morgan fingerprint density at radius 3 is 2.06 bits per heavy atom. The van der Waals surface area contributed by atoms with Gasteiger partial charge in [0.25, 0.3) is 0 Å². The van der Waals surface area contributed by atoms with Crippen LogP contribution in [0.3, 0.4) is 0 Å². The van der Waals surface area contributed by atoms with E-state index < -0.39 is 0 Å². The summed E-state index contributed by atoms with van der Waals surface area (Å²) in [6.07, 6.45) is 4.33. The van der Waals surface area contributed by atoms with Crippen LogP contribution >= 0.6 is 0 Å². The second kappa shape index (κ2) is 7.11. The Hall–Kier alpha value is -1.23. The Kier molecular flexibility index (Phi) is 5.71. The fourth-order valence-electron chi connectivity index (χ4n) is 1.40. The minimum atomic E-state index is 0.795. The lowest BCUT2D eigenvalue weighted by Crippen LogP contribution is -2.45. The van der Waals surface area contributed by atoms with E-state index in [9.17, 15) is 0 Å². The van der Waals surface area contributed by atoms with Crippen molar-refractivity contribution in [3.05, 3.63) is 12.7 Å². The zero-order valence-corrected chi connectivity index (χ0v) is 10.4. The standard InChI is InChI=1S/C8H13N5.C3H8/c1-12-2-4-13(5-3-12)8-10-6-9-7-11-8;1-3-2/h6-7H,2-5H2,1H3;3H2,1-2H3. The van der Waals surface area contributed by atoms with Gasteiger partial charge in [0.2, 0.25) is 5.95 Å². The van der Waals surface area contributed by atoms with E-state index in [1.807, 2.05) is 0 Å². The van der Waals surface area contributed by atoms with Crippen molar-refractivity contribution in [2.45, 2.75) is 20.3 Å². The molecular weight excluding hydrogens is 202 g/mol. The molecule has 1 fully saturated rings. The van der Waals surface area contributed by atoms with Crippen molar-refractivity contribution in [2.75, 3.05) is 38.1 Å². The number of hydrogen-bond acceptors (Lipinski definition) is 5. The lowest BCUT2D eigenvalue weighted by atomic mass is 10.3. The molecule has 0 bridgehead atoms. The predicted octanol–water partition coefficient (Wildman–Crippen LogP) is 1.04. The fraction of sp³-hybridized carbons (Fsp3) is 0.727. The topological polar surface area (TPSA) is 45.2 Å². The molecular formula is C11H21N5. The SMILES string of the molecule is CCC.CN1CCN(c2ncncn2)CC1. The van der Waals surface area contributed by atoms with Crippen LogP contribution in [0, 0.1) is 0 Å². The molecule has 0 unspecified atom stereocenters. The van der Waals surface area contributed by atoms with Crippen molar-refractivity contribution in [3.8, 4) is 0 Å². The van der Waals surface area contributed by atoms with Crippen LogP contribution < -0.4 is 4.90 Å². The minimum absolute atomic E-state index is 0.795. The van der Waals surface area contributed by atoms with Gasteiger partial charge < -0.3 is 9.80 Å². The quantitative estimate of drug-likeness (QED) is 0.712. The fourth-order valence-corrected chi connectivity index (χ4v) is 1.40. The third kappa shape index (κ3) is 4.10. The first-order valence-electron chi connectivity index (χ1n) is 5.83. The van der Waals surface area contributed by atoms with Gasteiger partial charge in [0.1, 0.15) is 12.7 Å². The molecule has 2 heterocycles. The summed E-state index contributed by atoms with van der Waals surface area (Å²) in [4.78, 5) is 16.5. The smallest absolute Gasteiger partial charge is 0.228 e. The molecule has 5 heteroatoms. The summed E-state index contributed by atoms with van der Waals surface area (Å²) in [6, 6.07) is 0. The van der Waals surface area contributed by atoms with Crippen LogP contribution in [-0.4, -0.2) is 53.1 Å².